The Labute approximate surface area is 130 Å². The van der Waals surface area contributed by atoms with Crippen molar-refractivity contribution in [3.05, 3.63) is 63.2 Å². The lowest BCUT2D eigenvalue weighted by atomic mass is 10.0. The van der Waals surface area contributed by atoms with E-state index in [-0.39, 0.29) is 4.83 Å². The minimum Gasteiger partial charge on any atom is -0.494 e. The molecule has 0 amide bonds. The topological polar surface area (TPSA) is 9.23 Å². The van der Waals surface area contributed by atoms with Gasteiger partial charge < -0.3 is 4.74 Å². The zero-order valence-electron chi connectivity index (χ0n) is 10.1. The minimum atomic E-state index is 0.223. The fourth-order valence-corrected chi connectivity index (χ4v) is 3.59. The largest absolute Gasteiger partial charge is 0.494 e. The van der Waals surface area contributed by atoms with E-state index in [0.717, 1.165) is 5.75 Å². The molecule has 2 aromatic rings. The van der Waals surface area contributed by atoms with Crippen LogP contribution in [0.25, 0.3) is 0 Å². The van der Waals surface area contributed by atoms with Gasteiger partial charge in [0.05, 0.1) is 11.4 Å². The molecule has 18 heavy (non-hydrogen) atoms. The zero-order chi connectivity index (χ0) is 13.0. The average Bonchev–Trinajstić information content (AvgIpc) is 2.40. The van der Waals surface area contributed by atoms with E-state index in [1.165, 1.54) is 14.7 Å². The van der Waals surface area contributed by atoms with E-state index in [1.807, 2.05) is 19.1 Å². The van der Waals surface area contributed by atoms with Gasteiger partial charge in [-0.25, -0.2) is 0 Å². The minimum absolute atomic E-state index is 0.223. The monoisotopic (exact) mass is 416 g/mol. The number of hydrogen-bond acceptors (Lipinski definition) is 1. The molecule has 0 radical (unpaired) electrons. The molecule has 0 aromatic heterocycles. The van der Waals surface area contributed by atoms with E-state index in [2.05, 4.69) is 74.9 Å². The standard InChI is InChI=1S/C15H14BrIO/c1-2-18-12-9-7-11(8-10-12)15(16)13-5-3-4-6-14(13)17/h3-10,15H,2H2,1H3. The molecule has 1 unspecified atom stereocenters. The van der Waals surface area contributed by atoms with Gasteiger partial charge in [0.2, 0.25) is 0 Å². The van der Waals surface area contributed by atoms with E-state index in [0.29, 0.717) is 6.61 Å². The fourth-order valence-electron chi connectivity index (χ4n) is 1.76. The highest BCUT2D eigenvalue weighted by Gasteiger charge is 2.12. The molecule has 1 nitrogen and oxygen atoms in total. The average molecular weight is 417 g/mol. The van der Waals surface area contributed by atoms with Gasteiger partial charge >= 0.3 is 0 Å². The van der Waals surface area contributed by atoms with Crippen LogP contribution in [0.15, 0.2) is 48.5 Å². The molecule has 0 fully saturated rings. The predicted octanol–water partition coefficient (Wildman–Crippen LogP) is 5.17. The van der Waals surface area contributed by atoms with Crippen molar-refractivity contribution in [2.24, 2.45) is 0 Å². The number of hydrogen-bond donors (Lipinski definition) is 0. The molecule has 1 atom stereocenters. The Kier molecular flexibility index (Phi) is 5.06. The third-order valence-electron chi connectivity index (χ3n) is 2.66. The van der Waals surface area contributed by atoms with Gasteiger partial charge in [-0.2, -0.15) is 0 Å². The summed E-state index contributed by atoms with van der Waals surface area (Å²) in [6, 6.07) is 16.6. The molecule has 0 saturated heterocycles. The number of rotatable bonds is 4. The molecule has 2 rings (SSSR count). The predicted molar refractivity (Wildman–Crippen MR) is 87.5 cm³/mol. The molecule has 0 spiro atoms. The van der Waals surface area contributed by atoms with Gasteiger partial charge in [-0.3, -0.25) is 0 Å². The summed E-state index contributed by atoms with van der Waals surface area (Å²) in [6.07, 6.45) is 0. The molecule has 0 bridgehead atoms. The van der Waals surface area contributed by atoms with Crippen LogP contribution in [-0.2, 0) is 0 Å². The number of alkyl halides is 1. The maximum absolute atomic E-state index is 5.45. The maximum atomic E-state index is 5.45. The van der Waals surface area contributed by atoms with Crippen molar-refractivity contribution in [3.63, 3.8) is 0 Å². The van der Waals surface area contributed by atoms with Gasteiger partial charge in [0.1, 0.15) is 5.75 Å². The van der Waals surface area contributed by atoms with Crippen molar-refractivity contribution in [1.29, 1.82) is 0 Å². The van der Waals surface area contributed by atoms with Gasteiger partial charge in [0.25, 0.3) is 0 Å². The Morgan fingerprint density at radius 2 is 1.78 bits per heavy atom. The lowest BCUT2D eigenvalue weighted by molar-refractivity contribution is 0.340. The molecule has 94 valence electrons. The van der Waals surface area contributed by atoms with Crippen LogP contribution in [-0.4, -0.2) is 6.61 Å². The van der Waals surface area contributed by atoms with Crippen LogP contribution in [0.1, 0.15) is 22.9 Å². The summed E-state index contributed by atoms with van der Waals surface area (Å²) < 4.78 is 6.72. The summed E-state index contributed by atoms with van der Waals surface area (Å²) >= 11 is 6.13. The summed E-state index contributed by atoms with van der Waals surface area (Å²) in [6.45, 7) is 2.70. The highest BCUT2D eigenvalue weighted by Crippen LogP contribution is 2.34. The third kappa shape index (κ3) is 3.26. The third-order valence-corrected chi connectivity index (χ3v) is 4.67. The van der Waals surface area contributed by atoms with Crippen LogP contribution >= 0.6 is 38.5 Å². The van der Waals surface area contributed by atoms with E-state index < -0.39 is 0 Å². The molecule has 0 heterocycles. The fraction of sp³-hybridized carbons (Fsp3) is 0.200. The van der Waals surface area contributed by atoms with Crippen molar-refractivity contribution in [2.45, 2.75) is 11.8 Å². The summed E-state index contributed by atoms with van der Waals surface area (Å²) in [7, 11) is 0. The summed E-state index contributed by atoms with van der Waals surface area (Å²) in [5.41, 5.74) is 2.53. The highest BCUT2D eigenvalue weighted by atomic mass is 127. The maximum Gasteiger partial charge on any atom is 0.119 e. The van der Waals surface area contributed by atoms with E-state index in [9.17, 15) is 0 Å². The molecule has 3 heteroatoms. The van der Waals surface area contributed by atoms with Gasteiger partial charge in [0.15, 0.2) is 0 Å². The first-order chi connectivity index (χ1) is 8.72. The smallest absolute Gasteiger partial charge is 0.119 e. The highest BCUT2D eigenvalue weighted by molar-refractivity contribution is 14.1. The Morgan fingerprint density at radius 1 is 1.11 bits per heavy atom. The Morgan fingerprint density at radius 3 is 2.39 bits per heavy atom. The van der Waals surface area contributed by atoms with E-state index in [4.69, 9.17) is 4.74 Å². The van der Waals surface area contributed by atoms with Crippen LogP contribution in [0.5, 0.6) is 5.75 Å². The van der Waals surface area contributed by atoms with Crippen LogP contribution in [0, 0.1) is 3.57 Å². The molecular weight excluding hydrogens is 403 g/mol. The lowest BCUT2D eigenvalue weighted by Crippen LogP contribution is -1.96. The van der Waals surface area contributed by atoms with Gasteiger partial charge in [-0.05, 0) is 58.8 Å². The van der Waals surface area contributed by atoms with Crippen molar-refractivity contribution < 1.29 is 4.74 Å². The Hall–Kier alpha value is -0.550. The second-order valence-electron chi connectivity index (χ2n) is 3.89. The summed E-state index contributed by atoms with van der Waals surface area (Å²) in [5.74, 6) is 0.920. The first kappa shape index (κ1) is 13.9. The van der Waals surface area contributed by atoms with Crippen LogP contribution in [0.2, 0.25) is 0 Å². The van der Waals surface area contributed by atoms with Crippen molar-refractivity contribution in [1.82, 2.24) is 0 Å². The first-order valence-corrected chi connectivity index (χ1v) is 7.83. The summed E-state index contributed by atoms with van der Waals surface area (Å²) in [5, 5.41) is 0. The second-order valence-corrected chi connectivity index (χ2v) is 5.96. The first-order valence-electron chi connectivity index (χ1n) is 5.83. The van der Waals surface area contributed by atoms with Crippen molar-refractivity contribution >= 4 is 38.5 Å². The second kappa shape index (κ2) is 6.57. The SMILES string of the molecule is CCOc1ccc(C(Br)c2ccccc2I)cc1. The molecule has 0 N–H and O–H groups in total. The molecule has 0 aliphatic carbocycles. The van der Waals surface area contributed by atoms with Crippen LogP contribution in [0.4, 0.5) is 0 Å². The normalized spacial score (nSPS) is 12.2. The van der Waals surface area contributed by atoms with Gasteiger partial charge in [0, 0.05) is 3.57 Å². The number of benzene rings is 2. The van der Waals surface area contributed by atoms with Crippen LogP contribution in [0.3, 0.4) is 0 Å². The molecule has 0 aliphatic heterocycles. The molecule has 0 aliphatic rings. The van der Waals surface area contributed by atoms with Crippen molar-refractivity contribution in [3.8, 4) is 5.75 Å². The number of ether oxygens (including phenoxy) is 1. The zero-order valence-corrected chi connectivity index (χ0v) is 13.8. The number of halogens is 2. The van der Waals surface area contributed by atoms with E-state index >= 15 is 0 Å². The quantitative estimate of drug-likeness (QED) is 0.493. The molecule has 2 aromatic carbocycles. The van der Waals surface area contributed by atoms with Gasteiger partial charge in [-0.1, -0.05) is 46.3 Å². The Bertz CT molecular complexity index is 510. The molecule has 0 saturated carbocycles. The Balaban J connectivity index is 2.23. The van der Waals surface area contributed by atoms with Crippen LogP contribution < -0.4 is 4.74 Å². The van der Waals surface area contributed by atoms with E-state index in [1.54, 1.807) is 0 Å². The molecular formula is C15H14BrIO. The van der Waals surface area contributed by atoms with Gasteiger partial charge in [-0.15, -0.1) is 0 Å². The summed E-state index contributed by atoms with van der Waals surface area (Å²) in [4.78, 5) is 0.223. The lowest BCUT2D eigenvalue weighted by Gasteiger charge is -2.13. The van der Waals surface area contributed by atoms with Crippen molar-refractivity contribution in [2.75, 3.05) is 6.61 Å².